The van der Waals surface area contributed by atoms with Crippen molar-refractivity contribution in [2.45, 2.75) is 51.5 Å². The number of rotatable bonds is 10. The van der Waals surface area contributed by atoms with Gasteiger partial charge >= 0.3 is 0 Å². The fraction of sp³-hybridized carbons (Fsp3) is 0.667. The first kappa shape index (κ1) is 15.5. The lowest BCUT2D eigenvalue weighted by Crippen LogP contribution is -2.32. The molecule has 2 heteroatoms. The van der Waals surface area contributed by atoms with Crippen molar-refractivity contribution in [2.24, 2.45) is 5.92 Å². The average Bonchev–Trinajstić information content (AvgIpc) is 3.28. The van der Waals surface area contributed by atoms with Gasteiger partial charge in [0.1, 0.15) is 0 Å². The first-order valence-corrected chi connectivity index (χ1v) is 8.22. The van der Waals surface area contributed by atoms with Gasteiger partial charge in [-0.3, -0.25) is 0 Å². The van der Waals surface area contributed by atoms with Gasteiger partial charge in [0.25, 0.3) is 0 Å². The van der Waals surface area contributed by atoms with Crippen LogP contribution >= 0.6 is 0 Å². The lowest BCUT2D eigenvalue weighted by atomic mass is 10.0. The Morgan fingerprint density at radius 1 is 1.25 bits per heavy atom. The van der Waals surface area contributed by atoms with Crippen LogP contribution in [-0.2, 0) is 4.74 Å². The summed E-state index contributed by atoms with van der Waals surface area (Å²) in [6.45, 7) is 7.19. The third-order valence-corrected chi connectivity index (χ3v) is 4.25. The van der Waals surface area contributed by atoms with Crippen LogP contribution in [0.4, 0.5) is 0 Å². The van der Waals surface area contributed by atoms with Crippen molar-refractivity contribution in [3.05, 3.63) is 35.9 Å². The molecule has 0 amide bonds. The summed E-state index contributed by atoms with van der Waals surface area (Å²) in [5, 5.41) is 3.75. The van der Waals surface area contributed by atoms with E-state index in [0.29, 0.717) is 6.04 Å². The molecular formula is C18H29NO. The first-order valence-electron chi connectivity index (χ1n) is 8.22. The second-order valence-corrected chi connectivity index (χ2v) is 5.82. The number of hydrogen-bond donors (Lipinski definition) is 1. The predicted octanol–water partition coefficient (Wildman–Crippen LogP) is 3.98. The van der Waals surface area contributed by atoms with Crippen molar-refractivity contribution < 1.29 is 4.74 Å². The molecule has 3 atom stereocenters. The van der Waals surface area contributed by atoms with Crippen LogP contribution in [0.3, 0.4) is 0 Å². The maximum atomic E-state index is 5.47. The van der Waals surface area contributed by atoms with E-state index in [4.69, 9.17) is 4.74 Å². The Bertz CT molecular complexity index is 365. The zero-order valence-electron chi connectivity index (χ0n) is 13.0. The second kappa shape index (κ2) is 8.43. The number of ether oxygens (including phenoxy) is 1. The van der Waals surface area contributed by atoms with E-state index in [-0.39, 0.29) is 0 Å². The van der Waals surface area contributed by atoms with Crippen molar-refractivity contribution in [3.63, 3.8) is 0 Å². The minimum Gasteiger partial charge on any atom is -0.382 e. The first-order chi connectivity index (χ1) is 9.86. The average molecular weight is 275 g/mol. The van der Waals surface area contributed by atoms with Gasteiger partial charge in [0.15, 0.2) is 0 Å². The third-order valence-electron chi connectivity index (χ3n) is 4.25. The highest BCUT2D eigenvalue weighted by Crippen LogP contribution is 2.50. The van der Waals surface area contributed by atoms with E-state index >= 15 is 0 Å². The molecule has 0 aromatic heterocycles. The molecule has 0 radical (unpaired) electrons. The summed E-state index contributed by atoms with van der Waals surface area (Å²) in [5.41, 5.74) is 1.52. The molecule has 20 heavy (non-hydrogen) atoms. The normalized spacial score (nSPS) is 22.7. The number of hydrogen-bond acceptors (Lipinski definition) is 2. The molecule has 0 saturated heterocycles. The Morgan fingerprint density at radius 3 is 2.75 bits per heavy atom. The van der Waals surface area contributed by atoms with Crippen LogP contribution in [0.15, 0.2) is 30.3 Å². The zero-order chi connectivity index (χ0) is 14.2. The Hall–Kier alpha value is -0.860. The van der Waals surface area contributed by atoms with E-state index in [0.717, 1.165) is 31.6 Å². The number of benzene rings is 1. The quantitative estimate of drug-likeness (QED) is 0.652. The summed E-state index contributed by atoms with van der Waals surface area (Å²) >= 11 is 0. The monoisotopic (exact) mass is 275 g/mol. The molecule has 112 valence electrons. The minimum atomic E-state index is 0.667. The molecule has 0 heterocycles. The van der Waals surface area contributed by atoms with Crippen LogP contribution in [0.2, 0.25) is 0 Å². The highest BCUT2D eigenvalue weighted by Gasteiger charge is 2.42. The molecule has 1 aliphatic rings. The van der Waals surface area contributed by atoms with Crippen molar-refractivity contribution >= 4 is 0 Å². The molecule has 1 aromatic carbocycles. The van der Waals surface area contributed by atoms with E-state index in [9.17, 15) is 0 Å². The van der Waals surface area contributed by atoms with Crippen LogP contribution in [-0.4, -0.2) is 25.8 Å². The second-order valence-electron chi connectivity index (χ2n) is 5.82. The van der Waals surface area contributed by atoms with Crippen LogP contribution in [0.1, 0.15) is 51.0 Å². The largest absolute Gasteiger partial charge is 0.382 e. The Kier molecular flexibility index (Phi) is 6.55. The molecule has 2 rings (SSSR count). The highest BCUT2D eigenvalue weighted by atomic mass is 16.5. The van der Waals surface area contributed by atoms with Crippen LogP contribution in [0, 0.1) is 5.92 Å². The summed E-state index contributed by atoms with van der Waals surface area (Å²) in [4.78, 5) is 0. The maximum Gasteiger partial charge on any atom is 0.0466 e. The SMILES string of the molecule is CCCNC(CCCOCC)C1CC1c1ccccc1. The molecule has 2 nitrogen and oxygen atoms in total. The van der Waals surface area contributed by atoms with E-state index < -0.39 is 0 Å². The lowest BCUT2D eigenvalue weighted by Gasteiger charge is -2.19. The molecule has 0 aliphatic heterocycles. The van der Waals surface area contributed by atoms with Crippen LogP contribution in [0.5, 0.6) is 0 Å². The Balaban J connectivity index is 1.81. The minimum absolute atomic E-state index is 0.667. The molecular weight excluding hydrogens is 246 g/mol. The van der Waals surface area contributed by atoms with Gasteiger partial charge in [-0.05, 0) is 56.6 Å². The smallest absolute Gasteiger partial charge is 0.0466 e. The predicted molar refractivity (Wildman–Crippen MR) is 85.1 cm³/mol. The summed E-state index contributed by atoms with van der Waals surface area (Å²) in [5.74, 6) is 1.60. The van der Waals surface area contributed by atoms with Crippen LogP contribution in [0.25, 0.3) is 0 Å². The van der Waals surface area contributed by atoms with E-state index in [1.807, 2.05) is 0 Å². The van der Waals surface area contributed by atoms with Crippen molar-refractivity contribution in [1.29, 1.82) is 0 Å². The van der Waals surface area contributed by atoms with Gasteiger partial charge < -0.3 is 10.1 Å². The molecule has 0 spiro atoms. The Labute approximate surface area is 123 Å². The molecule has 3 unspecified atom stereocenters. The van der Waals surface area contributed by atoms with Gasteiger partial charge in [0.2, 0.25) is 0 Å². The molecule has 1 aliphatic carbocycles. The molecule has 1 fully saturated rings. The van der Waals surface area contributed by atoms with Gasteiger partial charge in [-0.15, -0.1) is 0 Å². The van der Waals surface area contributed by atoms with Crippen LogP contribution < -0.4 is 5.32 Å². The van der Waals surface area contributed by atoms with Gasteiger partial charge in [-0.25, -0.2) is 0 Å². The Morgan fingerprint density at radius 2 is 2.05 bits per heavy atom. The number of nitrogens with one attached hydrogen (secondary N) is 1. The lowest BCUT2D eigenvalue weighted by molar-refractivity contribution is 0.140. The van der Waals surface area contributed by atoms with E-state index in [2.05, 4.69) is 49.5 Å². The topological polar surface area (TPSA) is 21.3 Å². The van der Waals surface area contributed by atoms with Crippen molar-refractivity contribution in [1.82, 2.24) is 5.32 Å². The third kappa shape index (κ3) is 4.60. The van der Waals surface area contributed by atoms with Gasteiger partial charge in [0, 0.05) is 19.3 Å². The van der Waals surface area contributed by atoms with Gasteiger partial charge in [-0.1, -0.05) is 37.3 Å². The standard InChI is InChI=1S/C18H29NO/c1-3-12-19-18(11-8-13-20-4-2)17-14-16(17)15-9-6-5-7-10-15/h5-7,9-10,16-19H,3-4,8,11-14H2,1-2H3. The molecule has 0 bridgehead atoms. The summed E-state index contributed by atoms with van der Waals surface area (Å²) in [7, 11) is 0. The highest BCUT2D eigenvalue weighted by molar-refractivity contribution is 5.26. The fourth-order valence-corrected chi connectivity index (χ4v) is 3.09. The van der Waals surface area contributed by atoms with Gasteiger partial charge in [0.05, 0.1) is 0 Å². The fourth-order valence-electron chi connectivity index (χ4n) is 3.09. The molecule has 1 aromatic rings. The van der Waals surface area contributed by atoms with E-state index in [1.54, 1.807) is 0 Å². The summed E-state index contributed by atoms with van der Waals surface area (Å²) in [6.07, 6.45) is 4.98. The summed E-state index contributed by atoms with van der Waals surface area (Å²) < 4.78 is 5.47. The van der Waals surface area contributed by atoms with Crippen molar-refractivity contribution in [2.75, 3.05) is 19.8 Å². The van der Waals surface area contributed by atoms with Crippen molar-refractivity contribution in [3.8, 4) is 0 Å². The van der Waals surface area contributed by atoms with E-state index in [1.165, 1.54) is 31.2 Å². The maximum absolute atomic E-state index is 5.47. The van der Waals surface area contributed by atoms with Gasteiger partial charge in [-0.2, -0.15) is 0 Å². The molecule has 1 N–H and O–H groups in total. The zero-order valence-corrected chi connectivity index (χ0v) is 13.0. The summed E-state index contributed by atoms with van der Waals surface area (Å²) in [6, 6.07) is 11.7. The molecule has 1 saturated carbocycles.